The van der Waals surface area contributed by atoms with Crippen molar-refractivity contribution in [3.8, 4) is 17.0 Å². The van der Waals surface area contributed by atoms with Gasteiger partial charge < -0.3 is 10.1 Å². The number of benzene rings is 1. The summed E-state index contributed by atoms with van der Waals surface area (Å²) in [5.74, 6) is 1.28. The lowest BCUT2D eigenvalue weighted by atomic mass is 10.1. The van der Waals surface area contributed by atoms with Crippen LogP contribution in [0.4, 0.5) is 5.69 Å². The molecule has 0 radical (unpaired) electrons. The number of aromatic amines is 1. The molecule has 1 aromatic carbocycles. The van der Waals surface area contributed by atoms with Crippen molar-refractivity contribution in [1.82, 2.24) is 20.0 Å². The Balaban J connectivity index is 1.46. The number of fused-ring (bicyclic) bond motifs is 2. The molecule has 1 fully saturated rings. The van der Waals surface area contributed by atoms with Crippen LogP contribution in [0, 0.1) is 0 Å². The molecule has 0 atom stereocenters. The predicted molar refractivity (Wildman–Crippen MR) is 96.0 cm³/mol. The summed E-state index contributed by atoms with van der Waals surface area (Å²) in [7, 11) is 0. The van der Waals surface area contributed by atoms with Crippen LogP contribution in [0.1, 0.15) is 42.6 Å². The second-order valence-corrected chi connectivity index (χ2v) is 6.94. The fourth-order valence-electron chi connectivity index (χ4n) is 3.44. The maximum absolute atomic E-state index is 11.2. The van der Waals surface area contributed by atoms with E-state index in [0.717, 1.165) is 34.0 Å². The van der Waals surface area contributed by atoms with Crippen molar-refractivity contribution >= 4 is 11.6 Å². The lowest BCUT2D eigenvalue weighted by Crippen LogP contribution is -2.06. The zero-order chi connectivity index (χ0) is 17.7. The average Bonchev–Trinajstić information content (AvgIpc) is 3.25. The van der Waals surface area contributed by atoms with Gasteiger partial charge in [0.25, 0.3) is 0 Å². The topological polar surface area (TPSA) is 84.8 Å². The lowest BCUT2D eigenvalue weighted by Gasteiger charge is -2.09. The maximum Gasteiger partial charge on any atom is 0.221 e. The zero-order valence-corrected chi connectivity index (χ0v) is 14.5. The van der Waals surface area contributed by atoms with Crippen LogP contribution in [-0.2, 0) is 17.9 Å². The number of nitrogens with one attached hydrogen (secondary N) is 2. The van der Waals surface area contributed by atoms with Crippen molar-refractivity contribution in [3.63, 3.8) is 0 Å². The fourth-order valence-corrected chi connectivity index (χ4v) is 3.44. The number of anilines is 1. The van der Waals surface area contributed by atoms with E-state index in [1.54, 1.807) is 0 Å². The second kappa shape index (κ2) is 5.72. The molecular formula is C19H19N5O2. The molecule has 0 spiro atoms. The first-order valence-electron chi connectivity index (χ1n) is 8.81. The number of ether oxygens (including phenoxy) is 1. The highest BCUT2D eigenvalue weighted by molar-refractivity contribution is 5.88. The van der Waals surface area contributed by atoms with E-state index in [9.17, 15) is 4.79 Å². The molecule has 1 amide bonds. The zero-order valence-electron chi connectivity index (χ0n) is 14.5. The number of carbonyl (C=O) groups is 1. The number of H-pyrrole nitrogens is 1. The Kier molecular flexibility index (Phi) is 3.34. The van der Waals surface area contributed by atoms with E-state index in [1.807, 2.05) is 29.1 Å². The fraction of sp³-hybridized carbons (Fsp3) is 0.316. The summed E-state index contributed by atoms with van der Waals surface area (Å²) in [5.41, 5.74) is 6.04. The monoisotopic (exact) mass is 349 g/mol. The van der Waals surface area contributed by atoms with Crippen LogP contribution in [0.2, 0.25) is 0 Å². The van der Waals surface area contributed by atoms with E-state index < -0.39 is 0 Å². The van der Waals surface area contributed by atoms with E-state index in [2.05, 4.69) is 21.6 Å². The van der Waals surface area contributed by atoms with Crippen molar-refractivity contribution in [2.75, 3.05) is 5.32 Å². The minimum Gasteiger partial charge on any atom is -0.487 e. The Labute approximate surface area is 150 Å². The van der Waals surface area contributed by atoms with E-state index in [0.29, 0.717) is 19.1 Å². The van der Waals surface area contributed by atoms with Crippen molar-refractivity contribution in [3.05, 3.63) is 47.4 Å². The molecule has 26 heavy (non-hydrogen) atoms. The van der Waals surface area contributed by atoms with Gasteiger partial charge in [-0.15, -0.1) is 0 Å². The quantitative estimate of drug-likeness (QED) is 0.761. The normalized spacial score (nSPS) is 15.6. The molecule has 0 unspecified atom stereocenters. The maximum atomic E-state index is 11.2. The number of hydrogen-bond donors (Lipinski definition) is 2. The molecule has 3 aromatic rings. The Morgan fingerprint density at radius 3 is 3.04 bits per heavy atom. The van der Waals surface area contributed by atoms with Crippen LogP contribution in [0.3, 0.4) is 0 Å². The Bertz CT molecular complexity index is 999. The van der Waals surface area contributed by atoms with E-state index in [-0.39, 0.29) is 5.91 Å². The van der Waals surface area contributed by atoms with Crippen LogP contribution in [0.5, 0.6) is 5.75 Å². The molecule has 0 saturated heterocycles. The van der Waals surface area contributed by atoms with E-state index >= 15 is 0 Å². The van der Waals surface area contributed by atoms with Gasteiger partial charge in [-0.05, 0) is 25.0 Å². The Morgan fingerprint density at radius 2 is 2.23 bits per heavy atom. The van der Waals surface area contributed by atoms with Gasteiger partial charge in [-0.1, -0.05) is 6.07 Å². The molecule has 1 saturated carbocycles. The van der Waals surface area contributed by atoms with Crippen LogP contribution in [0.25, 0.3) is 11.3 Å². The smallest absolute Gasteiger partial charge is 0.221 e. The summed E-state index contributed by atoms with van der Waals surface area (Å²) in [5, 5.41) is 14.9. The molecule has 7 heteroatoms. The van der Waals surface area contributed by atoms with Crippen LogP contribution in [0.15, 0.2) is 30.5 Å². The first-order chi connectivity index (χ1) is 12.7. The third-order valence-corrected chi connectivity index (χ3v) is 4.88. The van der Waals surface area contributed by atoms with Gasteiger partial charge in [0.05, 0.1) is 24.1 Å². The van der Waals surface area contributed by atoms with Crippen LogP contribution in [-0.4, -0.2) is 25.9 Å². The van der Waals surface area contributed by atoms with Crippen molar-refractivity contribution in [2.24, 2.45) is 0 Å². The number of amides is 1. The lowest BCUT2D eigenvalue weighted by molar-refractivity contribution is -0.114. The molecule has 7 nitrogen and oxygen atoms in total. The summed E-state index contributed by atoms with van der Waals surface area (Å²) in [6.45, 7) is 2.58. The summed E-state index contributed by atoms with van der Waals surface area (Å²) in [6.07, 6.45) is 4.30. The largest absolute Gasteiger partial charge is 0.487 e. The highest BCUT2D eigenvalue weighted by Gasteiger charge is 2.29. The molecule has 3 heterocycles. The number of nitrogens with zero attached hydrogens (tertiary/aromatic N) is 3. The second-order valence-electron chi connectivity index (χ2n) is 6.94. The predicted octanol–water partition coefficient (Wildman–Crippen LogP) is 3.05. The minimum absolute atomic E-state index is 0.0947. The third kappa shape index (κ3) is 2.65. The molecule has 132 valence electrons. The third-order valence-electron chi connectivity index (χ3n) is 4.88. The minimum atomic E-state index is -0.0947. The van der Waals surface area contributed by atoms with Crippen LogP contribution < -0.4 is 10.1 Å². The molecular weight excluding hydrogens is 330 g/mol. The number of carbonyl (C=O) groups excluding carboxylic acids is 1. The van der Waals surface area contributed by atoms with Gasteiger partial charge in [0.15, 0.2) is 0 Å². The molecule has 2 aliphatic rings. The van der Waals surface area contributed by atoms with E-state index in [1.165, 1.54) is 25.5 Å². The highest BCUT2D eigenvalue weighted by atomic mass is 16.5. The first-order valence-corrected chi connectivity index (χ1v) is 8.81. The van der Waals surface area contributed by atoms with Crippen molar-refractivity contribution < 1.29 is 9.53 Å². The van der Waals surface area contributed by atoms with Gasteiger partial charge in [0, 0.05) is 41.4 Å². The molecule has 5 rings (SSSR count). The van der Waals surface area contributed by atoms with Crippen molar-refractivity contribution in [2.45, 2.75) is 38.8 Å². The molecule has 1 aliphatic heterocycles. The van der Waals surface area contributed by atoms with Gasteiger partial charge in [-0.25, -0.2) is 0 Å². The molecule has 0 bridgehead atoms. The molecule has 1 aliphatic carbocycles. The van der Waals surface area contributed by atoms with Gasteiger partial charge in [-0.3, -0.25) is 14.6 Å². The van der Waals surface area contributed by atoms with Gasteiger partial charge in [-0.2, -0.15) is 10.2 Å². The van der Waals surface area contributed by atoms with E-state index in [4.69, 9.17) is 9.84 Å². The summed E-state index contributed by atoms with van der Waals surface area (Å²) in [6, 6.07) is 7.81. The standard InChI is InChI=1S/C19H19N5O2/c1-11(25)21-14-5-4-13-9-24-15(10-26-18(13)6-14)7-17(23-24)16-8-20-22-19(16)12-2-3-12/h4-8,12H,2-3,9-10H2,1H3,(H,20,22)(H,21,25). The Morgan fingerprint density at radius 1 is 1.35 bits per heavy atom. The number of rotatable bonds is 3. The average molecular weight is 349 g/mol. The van der Waals surface area contributed by atoms with Gasteiger partial charge >= 0.3 is 0 Å². The summed E-state index contributed by atoms with van der Waals surface area (Å²) in [4.78, 5) is 11.2. The highest BCUT2D eigenvalue weighted by Crippen LogP contribution is 2.43. The van der Waals surface area contributed by atoms with Gasteiger partial charge in [0.2, 0.25) is 5.91 Å². The summed E-state index contributed by atoms with van der Waals surface area (Å²) < 4.78 is 7.97. The van der Waals surface area contributed by atoms with Crippen LogP contribution >= 0.6 is 0 Å². The SMILES string of the molecule is CC(=O)Nc1ccc2c(c1)OCc1cc(-c3cn[nH]c3C3CC3)nn1C2. The van der Waals surface area contributed by atoms with Gasteiger partial charge in [0.1, 0.15) is 12.4 Å². The number of hydrogen-bond acceptors (Lipinski definition) is 4. The Hall–Kier alpha value is -3.09. The molecule has 2 aromatic heterocycles. The number of aromatic nitrogens is 4. The molecule has 2 N–H and O–H groups in total. The first kappa shape index (κ1) is 15.2. The summed E-state index contributed by atoms with van der Waals surface area (Å²) >= 11 is 0. The van der Waals surface area contributed by atoms with Crippen molar-refractivity contribution in [1.29, 1.82) is 0 Å².